The van der Waals surface area contributed by atoms with Crippen LogP contribution < -0.4 is 0 Å². The van der Waals surface area contributed by atoms with Crippen molar-refractivity contribution in [2.75, 3.05) is 0 Å². The number of alkyl halides is 6. The molecule has 0 spiro atoms. The highest BCUT2D eigenvalue weighted by Gasteiger charge is 2.38. The Morgan fingerprint density at radius 3 is 0.750 bits per heavy atom. The molecule has 2 heterocycles. The summed E-state index contributed by atoms with van der Waals surface area (Å²) in [4.78, 5) is 0. The van der Waals surface area contributed by atoms with E-state index >= 15 is 0 Å². The number of hydrogen-bond acceptors (Lipinski definition) is 9. The van der Waals surface area contributed by atoms with E-state index in [-0.39, 0.29) is 73.1 Å². The van der Waals surface area contributed by atoms with Crippen LogP contribution in [0.1, 0.15) is 61.2 Å². The molecule has 0 aliphatic heterocycles. The molecule has 0 atom stereocenters. The molecule has 0 aliphatic carbocycles. The number of nitrogens with zero attached hydrogens (tertiary/aromatic N) is 11. The van der Waals surface area contributed by atoms with Crippen LogP contribution in [0.3, 0.4) is 0 Å². The average Bonchev–Trinajstić information content (AvgIpc) is 1.55. The quantitative estimate of drug-likeness (QED) is 0.138. The molecule has 12 rings (SSSR count). The summed E-state index contributed by atoms with van der Waals surface area (Å²) >= 11 is 0. The minimum Gasteiger partial charge on any atom is -0.307 e. The summed E-state index contributed by atoms with van der Waals surface area (Å²) in [5.41, 5.74) is 3.32. The van der Waals surface area contributed by atoms with Crippen LogP contribution in [0.25, 0.3) is 111 Å². The Morgan fingerprint density at radius 2 is 0.511 bits per heavy atom. The predicted octanol–water partition coefficient (Wildman–Crippen LogP) is 17.1. The summed E-state index contributed by atoms with van der Waals surface area (Å²) in [6.07, 6.45) is -10.5. The van der Waals surface area contributed by atoms with Gasteiger partial charge in [0.15, 0.2) is 0 Å². The van der Waals surface area contributed by atoms with Crippen LogP contribution in [0, 0.1) is 102 Å². The second-order valence-electron chi connectivity index (χ2n) is 20.5. The standard InChI is InChI=1S/C71H29F6N11/c72-70(73,74)57-21-55(22-58(28-57)71(75,76)77)59-29-69(88-66-7-3-49(53-17-43(34-82)11-44(18-53)35-83)25-62(66)63-26-50(4-8-67(63)88)54-19-45(36-84)12-46(20-54)37-85)68(27-56(59)38-86)87-64-5-1-47(51-13-39(30-78)9-40(14-51)31-79)23-60(64)61-24-48(2-6-65(61)87)52-15-41(32-80)10-42(16-52)33-81/h1-29H. The maximum atomic E-state index is 14.8. The zero-order valence-electron chi connectivity index (χ0n) is 44.9. The fourth-order valence-corrected chi connectivity index (χ4v) is 11.4. The van der Waals surface area contributed by atoms with Crippen molar-refractivity contribution < 1.29 is 26.3 Å². The first-order valence-corrected chi connectivity index (χ1v) is 26.3. The molecule has 0 N–H and O–H groups in total. The highest BCUT2D eigenvalue weighted by molar-refractivity contribution is 6.14. The van der Waals surface area contributed by atoms with Crippen molar-refractivity contribution in [2.45, 2.75) is 12.4 Å². The lowest BCUT2D eigenvalue weighted by molar-refractivity contribution is -0.143. The van der Waals surface area contributed by atoms with Crippen molar-refractivity contribution in [1.29, 1.82) is 47.4 Å². The molecule has 12 aromatic rings. The minimum absolute atomic E-state index is 0.000716. The van der Waals surface area contributed by atoms with Crippen molar-refractivity contribution in [3.63, 3.8) is 0 Å². The van der Waals surface area contributed by atoms with Crippen LogP contribution in [0.4, 0.5) is 26.3 Å². The summed E-state index contributed by atoms with van der Waals surface area (Å²) < 4.78 is 92.2. The Hall–Kier alpha value is -13.2. The second-order valence-corrected chi connectivity index (χ2v) is 20.5. The fourth-order valence-electron chi connectivity index (χ4n) is 11.4. The molecule has 0 saturated carbocycles. The van der Waals surface area contributed by atoms with E-state index in [1.165, 1.54) is 36.4 Å². The smallest absolute Gasteiger partial charge is 0.307 e. The number of nitriles is 9. The largest absolute Gasteiger partial charge is 0.416 e. The van der Waals surface area contributed by atoms with Crippen molar-refractivity contribution >= 4 is 43.6 Å². The number of halogens is 6. The Labute approximate surface area is 495 Å². The summed E-state index contributed by atoms with van der Waals surface area (Å²) in [5.74, 6) is 0. The average molecular weight is 1150 g/mol. The third kappa shape index (κ3) is 9.69. The van der Waals surface area contributed by atoms with Crippen LogP contribution in [0.2, 0.25) is 0 Å². The van der Waals surface area contributed by atoms with E-state index in [0.717, 1.165) is 0 Å². The number of hydrogen-bond donors (Lipinski definition) is 0. The van der Waals surface area contributed by atoms with E-state index in [1.807, 2.05) is 12.1 Å². The Kier molecular flexibility index (Phi) is 13.3. The molecule has 11 nitrogen and oxygen atoms in total. The van der Waals surface area contributed by atoms with Crippen molar-refractivity contribution in [3.05, 3.63) is 237 Å². The first kappa shape index (κ1) is 55.3. The fraction of sp³-hybridized carbons (Fsp3) is 0.0282. The predicted molar refractivity (Wildman–Crippen MR) is 315 cm³/mol. The number of fused-ring (bicyclic) bond motifs is 6. The van der Waals surface area contributed by atoms with E-state index in [2.05, 4.69) is 54.6 Å². The van der Waals surface area contributed by atoms with Gasteiger partial charge in [0.2, 0.25) is 0 Å². The lowest BCUT2D eigenvalue weighted by Crippen LogP contribution is -2.11. The second kappa shape index (κ2) is 21.2. The Bertz CT molecular complexity index is 5080. The summed E-state index contributed by atoms with van der Waals surface area (Å²) in [5, 5.41) is 93.3. The molecule has 0 saturated heterocycles. The van der Waals surface area contributed by atoms with Gasteiger partial charge in [-0.15, -0.1) is 0 Å². The normalized spacial score (nSPS) is 11.2. The molecule has 0 fully saturated rings. The molecule has 0 amide bonds. The van der Waals surface area contributed by atoms with Gasteiger partial charge in [0.25, 0.3) is 0 Å². The van der Waals surface area contributed by atoms with Gasteiger partial charge in [-0.05, 0) is 202 Å². The highest BCUT2D eigenvalue weighted by atomic mass is 19.4. The molecule has 88 heavy (non-hydrogen) atoms. The molecule has 0 unspecified atom stereocenters. The van der Waals surface area contributed by atoms with Crippen LogP contribution in [0.15, 0.2) is 176 Å². The minimum atomic E-state index is -5.27. The first-order chi connectivity index (χ1) is 42.4. The molecule has 10 aromatic carbocycles. The zero-order chi connectivity index (χ0) is 61.9. The van der Waals surface area contributed by atoms with Gasteiger partial charge in [0.1, 0.15) is 0 Å². The third-order valence-electron chi connectivity index (χ3n) is 15.2. The molecule has 0 aliphatic rings. The van der Waals surface area contributed by atoms with Gasteiger partial charge < -0.3 is 9.13 Å². The third-order valence-corrected chi connectivity index (χ3v) is 15.2. The lowest BCUT2D eigenvalue weighted by Gasteiger charge is -2.21. The summed E-state index contributed by atoms with van der Waals surface area (Å²) in [7, 11) is 0. The molecule has 410 valence electrons. The molecule has 0 bridgehead atoms. The van der Waals surface area contributed by atoms with Crippen LogP contribution >= 0.6 is 0 Å². The van der Waals surface area contributed by atoms with Crippen molar-refractivity contribution in [3.8, 4) is 122 Å². The Morgan fingerprint density at radius 1 is 0.250 bits per heavy atom. The van der Waals surface area contributed by atoms with E-state index in [0.29, 0.717) is 100 Å². The van der Waals surface area contributed by atoms with Crippen molar-refractivity contribution in [1.82, 2.24) is 9.13 Å². The monoisotopic (exact) mass is 1150 g/mol. The highest BCUT2D eigenvalue weighted by Crippen LogP contribution is 2.46. The maximum Gasteiger partial charge on any atom is 0.416 e. The number of benzene rings is 10. The van der Waals surface area contributed by atoms with Crippen LogP contribution in [-0.2, 0) is 12.4 Å². The number of aromatic nitrogens is 2. The molecule has 0 radical (unpaired) electrons. The van der Waals surface area contributed by atoms with E-state index in [9.17, 15) is 73.7 Å². The summed E-state index contributed by atoms with van der Waals surface area (Å²) in [6.45, 7) is 0. The SMILES string of the molecule is N#Cc1cc(C#N)cc(-c2ccc3c(c2)c2cc(-c4cc(C#N)cc(C#N)c4)ccc2n3-c2cc(C#N)c(-c3cc(C(F)(F)F)cc(C(F)(F)F)c3)cc2-n2c3ccc(-c4cc(C#N)cc(C#N)c4)cc3c3cc(-c4cc(C#N)cc(C#N)c4)ccc32)c1. The van der Waals surface area contributed by atoms with E-state index in [4.69, 9.17) is 0 Å². The van der Waals surface area contributed by atoms with E-state index in [1.54, 1.807) is 118 Å². The van der Waals surface area contributed by atoms with Gasteiger partial charge in [0.05, 0.1) is 149 Å². The van der Waals surface area contributed by atoms with Crippen LogP contribution in [-0.4, -0.2) is 9.13 Å². The molecular weight excluding hydrogens is 1120 g/mol. The Balaban J connectivity index is 1.24. The first-order valence-electron chi connectivity index (χ1n) is 26.3. The molecular formula is C71H29F6N11. The lowest BCUT2D eigenvalue weighted by atomic mass is 9.94. The van der Waals surface area contributed by atoms with E-state index < -0.39 is 29.0 Å². The van der Waals surface area contributed by atoms with Gasteiger partial charge in [-0.25, -0.2) is 0 Å². The summed E-state index contributed by atoms with van der Waals surface area (Å²) in [6, 6.07) is 62.4. The topological polar surface area (TPSA) is 224 Å². The van der Waals surface area contributed by atoms with Gasteiger partial charge >= 0.3 is 12.4 Å². The van der Waals surface area contributed by atoms with Gasteiger partial charge in [-0.2, -0.15) is 73.7 Å². The maximum absolute atomic E-state index is 14.8. The van der Waals surface area contributed by atoms with Crippen LogP contribution in [0.5, 0.6) is 0 Å². The molecule has 17 heteroatoms. The zero-order valence-corrected chi connectivity index (χ0v) is 44.9. The van der Waals surface area contributed by atoms with Crippen molar-refractivity contribution in [2.24, 2.45) is 0 Å². The van der Waals surface area contributed by atoms with Gasteiger partial charge in [0, 0.05) is 27.1 Å². The number of rotatable bonds is 7. The van der Waals surface area contributed by atoms with Gasteiger partial charge in [-0.3, -0.25) is 0 Å². The van der Waals surface area contributed by atoms with Gasteiger partial charge in [-0.1, -0.05) is 24.3 Å². The molecule has 2 aromatic heterocycles.